The van der Waals surface area contributed by atoms with Gasteiger partial charge in [-0.3, -0.25) is 0 Å². The Bertz CT molecular complexity index is 604. The third-order valence-electron chi connectivity index (χ3n) is 2.99. The van der Waals surface area contributed by atoms with E-state index in [0.717, 1.165) is 28.4 Å². The molecule has 0 unspecified atom stereocenters. The van der Waals surface area contributed by atoms with Gasteiger partial charge in [0.25, 0.3) is 0 Å². The number of hydrogen-bond donors (Lipinski definition) is 1. The van der Waals surface area contributed by atoms with Crippen molar-refractivity contribution in [3.8, 4) is 11.5 Å². The molecule has 1 aromatic carbocycles. The van der Waals surface area contributed by atoms with Crippen molar-refractivity contribution in [2.45, 2.75) is 13.1 Å². The van der Waals surface area contributed by atoms with Crippen LogP contribution in [-0.2, 0) is 13.1 Å². The number of allylic oxidation sites excluding steroid dienone is 1. The highest BCUT2D eigenvalue weighted by molar-refractivity contribution is 5.81. The highest BCUT2D eigenvalue weighted by atomic mass is 16.6. The normalized spacial score (nSPS) is 13.8. The monoisotopic (exact) mass is 245 g/mol. The average molecular weight is 245 g/mol. The molecule has 0 bridgehead atoms. The van der Waals surface area contributed by atoms with E-state index in [4.69, 9.17) is 15.2 Å². The van der Waals surface area contributed by atoms with Gasteiger partial charge >= 0.3 is 0 Å². The van der Waals surface area contributed by atoms with Crippen LogP contribution in [0.3, 0.4) is 0 Å². The second kappa shape index (κ2) is 4.34. The number of benzene rings is 1. The molecule has 0 saturated carbocycles. The summed E-state index contributed by atoms with van der Waals surface area (Å²) in [5.41, 5.74) is 7.59. The van der Waals surface area contributed by atoms with Crippen LogP contribution in [0.4, 0.5) is 0 Å². The fourth-order valence-corrected chi connectivity index (χ4v) is 2.20. The standard InChI is InChI=1S/C13H15N3O2/c1-2-3-16-10-7-12-11(17-4-5-18-12)6-9(10)15-13(16)8-14/h2,6-7H,1,3-5,8,14H2. The van der Waals surface area contributed by atoms with Crippen LogP contribution in [0.25, 0.3) is 11.0 Å². The zero-order valence-electron chi connectivity index (χ0n) is 10.1. The minimum Gasteiger partial charge on any atom is -0.486 e. The molecular weight excluding hydrogens is 230 g/mol. The zero-order valence-corrected chi connectivity index (χ0v) is 10.1. The van der Waals surface area contributed by atoms with E-state index >= 15 is 0 Å². The maximum Gasteiger partial charge on any atom is 0.163 e. The lowest BCUT2D eigenvalue weighted by atomic mass is 10.2. The highest BCUT2D eigenvalue weighted by Crippen LogP contribution is 2.34. The number of imidazole rings is 1. The Morgan fingerprint density at radius 2 is 2.06 bits per heavy atom. The number of hydrogen-bond acceptors (Lipinski definition) is 4. The molecule has 2 aromatic rings. The average Bonchev–Trinajstić information content (AvgIpc) is 2.74. The molecule has 2 heterocycles. The van der Waals surface area contributed by atoms with Crippen LogP contribution in [-0.4, -0.2) is 22.8 Å². The van der Waals surface area contributed by atoms with Gasteiger partial charge in [0.15, 0.2) is 11.5 Å². The van der Waals surface area contributed by atoms with Gasteiger partial charge in [-0.05, 0) is 0 Å². The van der Waals surface area contributed by atoms with Crippen LogP contribution in [0.15, 0.2) is 24.8 Å². The van der Waals surface area contributed by atoms with Crippen molar-refractivity contribution < 1.29 is 9.47 Å². The summed E-state index contributed by atoms with van der Waals surface area (Å²) in [5, 5.41) is 0. The van der Waals surface area contributed by atoms with Gasteiger partial charge < -0.3 is 19.8 Å². The molecule has 18 heavy (non-hydrogen) atoms. The Hall–Kier alpha value is -2.01. The van der Waals surface area contributed by atoms with Gasteiger partial charge in [-0.25, -0.2) is 4.98 Å². The predicted molar refractivity (Wildman–Crippen MR) is 68.8 cm³/mol. The van der Waals surface area contributed by atoms with Gasteiger partial charge in [-0.1, -0.05) is 6.08 Å². The summed E-state index contributed by atoms with van der Waals surface area (Å²) in [5.74, 6) is 2.36. The second-order valence-corrected chi connectivity index (χ2v) is 4.12. The van der Waals surface area contributed by atoms with E-state index in [1.54, 1.807) is 0 Å². The summed E-state index contributed by atoms with van der Waals surface area (Å²) < 4.78 is 13.2. The topological polar surface area (TPSA) is 62.3 Å². The van der Waals surface area contributed by atoms with Crippen molar-refractivity contribution in [2.24, 2.45) is 5.73 Å². The SMILES string of the molecule is C=CCn1c(CN)nc2cc3c(cc21)OCCO3. The maximum atomic E-state index is 5.72. The van der Waals surface area contributed by atoms with E-state index in [9.17, 15) is 0 Å². The summed E-state index contributed by atoms with van der Waals surface area (Å²) in [6.07, 6.45) is 1.83. The number of fused-ring (bicyclic) bond motifs is 2. The molecule has 2 N–H and O–H groups in total. The van der Waals surface area contributed by atoms with Crippen LogP contribution >= 0.6 is 0 Å². The molecular formula is C13H15N3O2. The summed E-state index contributed by atoms with van der Waals surface area (Å²) >= 11 is 0. The number of nitrogens with two attached hydrogens (primary N) is 1. The summed E-state index contributed by atoms with van der Waals surface area (Å²) in [6.45, 7) is 6.00. The van der Waals surface area contributed by atoms with E-state index in [2.05, 4.69) is 11.6 Å². The molecule has 94 valence electrons. The molecule has 0 atom stereocenters. The lowest BCUT2D eigenvalue weighted by molar-refractivity contribution is 0.172. The van der Waals surface area contributed by atoms with Gasteiger partial charge in [0.1, 0.15) is 19.0 Å². The minimum atomic E-state index is 0.398. The molecule has 3 rings (SSSR count). The number of nitrogens with zero attached hydrogens (tertiary/aromatic N) is 2. The number of ether oxygens (including phenoxy) is 2. The number of rotatable bonds is 3. The first-order valence-corrected chi connectivity index (χ1v) is 5.93. The van der Waals surface area contributed by atoms with Gasteiger partial charge in [0.05, 0.1) is 17.6 Å². The maximum absolute atomic E-state index is 5.72. The Balaban J connectivity index is 2.22. The molecule has 5 nitrogen and oxygen atoms in total. The molecule has 0 saturated heterocycles. The third-order valence-corrected chi connectivity index (χ3v) is 2.99. The van der Waals surface area contributed by atoms with Gasteiger partial charge in [0, 0.05) is 18.7 Å². The molecule has 1 aliphatic heterocycles. The van der Waals surface area contributed by atoms with Crippen LogP contribution in [0.1, 0.15) is 5.82 Å². The van der Waals surface area contributed by atoms with Crippen LogP contribution in [0.5, 0.6) is 11.5 Å². The lowest BCUT2D eigenvalue weighted by Gasteiger charge is -2.18. The van der Waals surface area contributed by atoms with E-state index in [-0.39, 0.29) is 0 Å². The van der Waals surface area contributed by atoms with Crippen molar-refractivity contribution in [1.29, 1.82) is 0 Å². The Labute approximate surface area is 105 Å². The molecule has 1 aliphatic rings. The molecule has 0 spiro atoms. The highest BCUT2D eigenvalue weighted by Gasteiger charge is 2.17. The fourth-order valence-electron chi connectivity index (χ4n) is 2.20. The van der Waals surface area contributed by atoms with Crippen LogP contribution in [0, 0.1) is 0 Å². The fraction of sp³-hybridized carbons (Fsp3) is 0.308. The molecule has 0 aliphatic carbocycles. The first-order valence-electron chi connectivity index (χ1n) is 5.93. The van der Waals surface area contributed by atoms with Crippen molar-refractivity contribution >= 4 is 11.0 Å². The van der Waals surface area contributed by atoms with Crippen molar-refractivity contribution in [1.82, 2.24) is 9.55 Å². The minimum absolute atomic E-state index is 0.398. The van der Waals surface area contributed by atoms with Crippen LogP contribution in [0.2, 0.25) is 0 Å². The zero-order chi connectivity index (χ0) is 12.5. The molecule has 1 aromatic heterocycles. The second-order valence-electron chi connectivity index (χ2n) is 4.12. The van der Waals surface area contributed by atoms with Crippen molar-refractivity contribution in [3.05, 3.63) is 30.6 Å². The molecule has 0 amide bonds. The van der Waals surface area contributed by atoms with Crippen molar-refractivity contribution in [3.63, 3.8) is 0 Å². The molecule has 5 heteroatoms. The molecule has 0 fully saturated rings. The third kappa shape index (κ3) is 1.64. The van der Waals surface area contributed by atoms with E-state index < -0.39 is 0 Å². The van der Waals surface area contributed by atoms with E-state index in [1.807, 2.05) is 22.8 Å². The Kier molecular flexibility index (Phi) is 2.68. The predicted octanol–water partition coefficient (Wildman–Crippen LogP) is 1.45. The van der Waals surface area contributed by atoms with Gasteiger partial charge in [0.2, 0.25) is 0 Å². The van der Waals surface area contributed by atoms with Crippen LogP contribution < -0.4 is 15.2 Å². The first kappa shape index (κ1) is 11.1. The van der Waals surface area contributed by atoms with Gasteiger partial charge in [-0.2, -0.15) is 0 Å². The Morgan fingerprint density at radius 1 is 1.33 bits per heavy atom. The number of aromatic nitrogens is 2. The summed E-state index contributed by atoms with van der Waals surface area (Å²) in [6, 6.07) is 3.86. The lowest BCUT2D eigenvalue weighted by Crippen LogP contribution is -2.15. The quantitative estimate of drug-likeness (QED) is 0.831. The smallest absolute Gasteiger partial charge is 0.163 e. The summed E-state index contributed by atoms with van der Waals surface area (Å²) in [7, 11) is 0. The van der Waals surface area contributed by atoms with Crippen molar-refractivity contribution in [2.75, 3.05) is 13.2 Å². The van der Waals surface area contributed by atoms with E-state index in [0.29, 0.717) is 26.3 Å². The molecule has 0 radical (unpaired) electrons. The summed E-state index contributed by atoms with van der Waals surface area (Å²) in [4.78, 5) is 4.51. The Morgan fingerprint density at radius 3 is 2.72 bits per heavy atom. The van der Waals surface area contributed by atoms with Gasteiger partial charge in [-0.15, -0.1) is 6.58 Å². The first-order chi connectivity index (χ1) is 8.83. The largest absolute Gasteiger partial charge is 0.486 e. The van der Waals surface area contributed by atoms with E-state index in [1.165, 1.54) is 0 Å².